The molecule has 0 fully saturated rings. The van der Waals surface area contributed by atoms with Crippen molar-refractivity contribution in [2.24, 2.45) is 0 Å². The molecule has 0 aliphatic carbocycles. The molecule has 1 amide bonds. The molecule has 5 heteroatoms. The quantitative estimate of drug-likeness (QED) is 0.329. The van der Waals surface area contributed by atoms with Gasteiger partial charge in [0.05, 0.1) is 14.2 Å². The number of aryl methyl sites for hydroxylation is 2. The van der Waals surface area contributed by atoms with E-state index in [-0.39, 0.29) is 5.91 Å². The molecule has 0 atom stereocenters. The van der Waals surface area contributed by atoms with Crippen LogP contribution in [0.2, 0.25) is 0 Å². The van der Waals surface area contributed by atoms with Crippen molar-refractivity contribution in [3.63, 3.8) is 0 Å². The number of thioether (sulfide) groups is 1. The first-order valence-electron chi connectivity index (χ1n) is 10.4. The van der Waals surface area contributed by atoms with Crippen molar-refractivity contribution in [3.8, 4) is 11.5 Å². The number of benzene rings is 3. The smallest absolute Gasteiger partial charge is 0.251 e. The van der Waals surface area contributed by atoms with Crippen LogP contribution in [0.15, 0.2) is 71.6 Å². The van der Waals surface area contributed by atoms with E-state index in [9.17, 15) is 4.79 Å². The Labute approximate surface area is 189 Å². The summed E-state index contributed by atoms with van der Waals surface area (Å²) in [5, 5.41) is 3.00. The van der Waals surface area contributed by atoms with Crippen LogP contribution in [-0.2, 0) is 12.2 Å². The topological polar surface area (TPSA) is 47.6 Å². The van der Waals surface area contributed by atoms with Gasteiger partial charge in [0, 0.05) is 22.8 Å². The van der Waals surface area contributed by atoms with E-state index in [0.29, 0.717) is 12.1 Å². The van der Waals surface area contributed by atoms with Gasteiger partial charge < -0.3 is 14.8 Å². The van der Waals surface area contributed by atoms with Crippen LogP contribution < -0.4 is 14.8 Å². The molecule has 0 radical (unpaired) electrons. The van der Waals surface area contributed by atoms with Crippen molar-refractivity contribution in [2.75, 3.05) is 20.8 Å². The van der Waals surface area contributed by atoms with Crippen LogP contribution in [-0.4, -0.2) is 26.7 Å². The Morgan fingerprint density at radius 1 is 0.871 bits per heavy atom. The zero-order valence-corrected chi connectivity index (χ0v) is 19.1. The molecule has 4 nitrogen and oxygen atoms in total. The summed E-state index contributed by atoms with van der Waals surface area (Å²) >= 11 is 1.80. The number of carbonyl (C=O) groups is 1. The number of rotatable bonds is 10. The Morgan fingerprint density at radius 2 is 1.55 bits per heavy atom. The number of methoxy groups -OCH3 is 2. The van der Waals surface area contributed by atoms with E-state index in [1.165, 1.54) is 16.0 Å². The van der Waals surface area contributed by atoms with Gasteiger partial charge in [-0.3, -0.25) is 4.79 Å². The predicted molar refractivity (Wildman–Crippen MR) is 127 cm³/mol. The van der Waals surface area contributed by atoms with Gasteiger partial charge in [-0.05, 0) is 67.3 Å². The molecular formula is C26H29NO3S. The van der Waals surface area contributed by atoms with Crippen molar-refractivity contribution in [1.82, 2.24) is 5.32 Å². The molecule has 0 aliphatic heterocycles. The number of amides is 1. The van der Waals surface area contributed by atoms with Gasteiger partial charge in [-0.15, -0.1) is 11.8 Å². The Kier molecular flexibility index (Phi) is 8.42. The van der Waals surface area contributed by atoms with Gasteiger partial charge >= 0.3 is 0 Å². The van der Waals surface area contributed by atoms with Crippen molar-refractivity contribution in [2.45, 2.75) is 30.4 Å². The fourth-order valence-electron chi connectivity index (χ4n) is 3.19. The highest BCUT2D eigenvalue weighted by molar-refractivity contribution is 7.98. The summed E-state index contributed by atoms with van der Waals surface area (Å²) in [6.07, 6.45) is 1.71. The Balaban J connectivity index is 1.42. The van der Waals surface area contributed by atoms with Crippen LogP contribution in [0.3, 0.4) is 0 Å². The van der Waals surface area contributed by atoms with Crippen LogP contribution in [0.25, 0.3) is 0 Å². The number of hydrogen-bond acceptors (Lipinski definition) is 4. The number of nitrogens with one attached hydrogen (secondary N) is 1. The molecule has 0 aliphatic rings. The second kappa shape index (κ2) is 11.5. The Morgan fingerprint density at radius 3 is 2.23 bits per heavy atom. The van der Waals surface area contributed by atoms with E-state index in [4.69, 9.17) is 9.47 Å². The van der Waals surface area contributed by atoms with Gasteiger partial charge in [0.2, 0.25) is 0 Å². The average molecular weight is 436 g/mol. The summed E-state index contributed by atoms with van der Waals surface area (Å²) in [7, 11) is 3.26. The maximum absolute atomic E-state index is 12.4. The molecule has 0 aromatic heterocycles. The Bertz CT molecular complexity index is 985. The van der Waals surface area contributed by atoms with Gasteiger partial charge in [-0.2, -0.15) is 0 Å². The van der Waals surface area contributed by atoms with E-state index in [0.717, 1.165) is 35.7 Å². The standard InChI is InChI=1S/C26H29NO3S/c1-19-6-13-23(14-7-19)31-18-21-8-11-22(12-9-21)26(28)27-16-4-5-20-10-15-24(29-2)25(17-20)30-3/h6-15,17H,4-5,16,18H2,1-3H3,(H,27,28). The highest BCUT2D eigenvalue weighted by Gasteiger charge is 2.07. The normalized spacial score (nSPS) is 10.5. The summed E-state index contributed by atoms with van der Waals surface area (Å²) in [4.78, 5) is 13.7. The lowest BCUT2D eigenvalue weighted by atomic mass is 10.1. The zero-order chi connectivity index (χ0) is 22.1. The molecular weight excluding hydrogens is 406 g/mol. The van der Waals surface area contributed by atoms with Crippen LogP contribution in [0.5, 0.6) is 11.5 Å². The molecule has 0 bridgehead atoms. The van der Waals surface area contributed by atoms with Gasteiger partial charge in [-0.25, -0.2) is 0 Å². The molecule has 0 heterocycles. The third-order valence-corrected chi connectivity index (χ3v) is 6.10. The summed E-state index contributed by atoms with van der Waals surface area (Å²) < 4.78 is 10.6. The average Bonchev–Trinajstić information content (AvgIpc) is 2.81. The van der Waals surface area contributed by atoms with Crippen molar-refractivity contribution in [1.29, 1.82) is 0 Å². The van der Waals surface area contributed by atoms with Gasteiger partial charge in [0.25, 0.3) is 5.91 Å². The summed E-state index contributed by atoms with van der Waals surface area (Å²) in [6, 6.07) is 22.3. The lowest BCUT2D eigenvalue weighted by molar-refractivity contribution is 0.0953. The SMILES string of the molecule is COc1ccc(CCCNC(=O)c2ccc(CSc3ccc(C)cc3)cc2)cc1OC. The fourth-order valence-corrected chi connectivity index (χ4v) is 4.04. The Hall–Kier alpha value is -2.92. The second-order valence-corrected chi connectivity index (χ2v) is 8.40. The highest BCUT2D eigenvalue weighted by Crippen LogP contribution is 2.28. The van der Waals surface area contributed by atoms with Crippen molar-refractivity contribution >= 4 is 17.7 Å². The first kappa shape index (κ1) is 22.8. The van der Waals surface area contributed by atoms with Crippen molar-refractivity contribution < 1.29 is 14.3 Å². The minimum Gasteiger partial charge on any atom is -0.493 e. The minimum atomic E-state index is -0.0370. The summed E-state index contributed by atoms with van der Waals surface area (Å²) in [5.74, 6) is 2.30. The maximum atomic E-state index is 12.4. The fraction of sp³-hybridized carbons (Fsp3) is 0.269. The van der Waals surface area contributed by atoms with E-state index in [1.807, 2.05) is 42.5 Å². The molecule has 0 spiro atoms. The largest absolute Gasteiger partial charge is 0.493 e. The van der Waals surface area contributed by atoms with E-state index in [2.05, 4.69) is 36.5 Å². The number of carbonyl (C=O) groups excluding carboxylic acids is 1. The summed E-state index contributed by atoms with van der Waals surface area (Å²) in [6.45, 7) is 2.71. The van der Waals surface area contributed by atoms with E-state index >= 15 is 0 Å². The molecule has 0 unspecified atom stereocenters. The van der Waals surface area contributed by atoms with Gasteiger partial charge in [0.15, 0.2) is 11.5 Å². The van der Waals surface area contributed by atoms with Crippen molar-refractivity contribution in [3.05, 3.63) is 89.0 Å². The third kappa shape index (κ3) is 6.79. The molecule has 3 rings (SSSR count). The number of hydrogen-bond donors (Lipinski definition) is 1. The van der Waals surface area contributed by atoms with Crippen LogP contribution >= 0.6 is 11.8 Å². The molecule has 31 heavy (non-hydrogen) atoms. The van der Waals surface area contributed by atoms with Gasteiger partial charge in [-0.1, -0.05) is 35.9 Å². The third-order valence-electron chi connectivity index (χ3n) is 5.02. The first-order chi connectivity index (χ1) is 15.1. The molecule has 162 valence electrons. The summed E-state index contributed by atoms with van der Waals surface area (Å²) in [5.41, 5.74) is 4.32. The minimum absolute atomic E-state index is 0.0370. The highest BCUT2D eigenvalue weighted by atomic mass is 32.2. The van der Waals surface area contributed by atoms with Crippen LogP contribution in [0.1, 0.15) is 33.5 Å². The van der Waals surface area contributed by atoms with E-state index < -0.39 is 0 Å². The molecule has 3 aromatic rings. The molecule has 3 aromatic carbocycles. The van der Waals surface area contributed by atoms with Crippen LogP contribution in [0.4, 0.5) is 0 Å². The monoisotopic (exact) mass is 435 g/mol. The first-order valence-corrected chi connectivity index (χ1v) is 11.3. The number of ether oxygens (including phenoxy) is 2. The second-order valence-electron chi connectivity index (χ2n) is 7.35. The molecule has 1 N–H and O–H groups in total. The maximum Gasteiger partial charge on any atom is 0.251 e. The predicted octanol–water partition coefficient (Wildman–Crippen LogP) is 5.67. The molecule has 0 saturated carbocycles. The van der Waals surface area contributed by atoms with Crippen LogP contribution in [0, 0.1) is 6.92 Å². The van der Waals surface area contributed by atoms with Gasteiger partial charge in [0.1, 0.15) is 0 Å². The zero-order valence-electron chi connectivity index (χ0n) is 18.3. The lowest BCUT2D eigenvalue weighted by Crippen LogP contribution is -2.24. The lowest BCUT2D eigenvalue weighted by Gasteiger charge is -2.10. The molecule has 0 saturated heterocycles. The van der Waals surface area contributed by atoms with E-state index in [1.54, 1.807) is 26.0 Å².